The van der Waals surface area contributed by atoms with Gasteiger partial charge in [0.05, 0.1) is 11.0 Å². The van der Waals surface area contributed by atoms with E-state index in [1.54, 1.807) is 13.0 Å². The Kier molecular flexibility index (Phi) is 3.20. The summed E-state index contributed by atoms with van der Waals surface area (Å²) < 4.78 is 1.98. The Labute approximate surface area is 105 Å². The molecule has 0 amide bonds. The molecule has 17 heavy (non-hydrogen) atoms. The molecule has 3 nitrogen and oxygen atoms in total. The van der Waals surface area contributed by atoms with E-state index in [-0.39, 0.29) is 11.8 Å². The smallest absolute Gasteiger partial charge is 0.195 e. The van der Waals surface area contributed by atoms with E-state index in [0.717, 1.165) is 17.5 Å². The summed E-state index contributed by atoms with van der Waals surface area (Å²) >= 11 is 6.00. The summed E-state index contributed by atoms with van der Waals surface area (Å²) in [7, 11) is 0. The number of carbonyl (C=O) groups is 1. The highest BCUT2D eigenvalue weighted by molar-refractivity contribution is 6.31. The van der Waals surface area contributed by atoms with Gasteiger partial charge < -0.3 is 4.57 Å². The van der Waals surface area contributed by atoms with Gasteiger partial charge in [-0.1, -0.05) is 18.5 Å². The fraction of sp³-hybridized carbons (Fsp3) is 0.385. The minimum atomic E-state index is -0.0161. The predicted molar refractivity (Wildman–Crippen MR) is 69.7 cm³/mol. The number of benzene rings is 1. The van der Waals surface area contributed by atoms with Crippen molar-refractivity contribution in [3.05, 3.63) is 29.0 Å². The zero-order valence-corrected chi connectivity index (χ0v) is 11.0. The zero-order chi connectivity index (χ0) is 12.6. The Morgan fingerprint density at radius 3 is 2.82 bits per heavy atom. The minimum absolute atomic E-state index is 0.0161. The summed E-state index contributed by atoms with van der Waals surface area (Å²) in [6, 6.07) is 5.74. The maximum Gasteiger partial charge on any atom is 0.195 e. The fourth-order valence-electron chi connectivity index (χ4n) is 1.94. The molecule has 2 aromatic rings. The second-order valence-corrected chi connectivity index (χ2v) is 4.69. The lowest BCUT2D eigenvalue weighted by Gasteiger charge is -2.14. The van der Waals surface area contributed by atoms with E-state index >= 15 is 0 Å². The van der Waals surface area contributed by atoms with E-state index in [4.69, 9.17) is 11.6 Å². The minimum Gasteiger partial charge on any atom is -0.319 e. The third-order valence-corrected chi connectivity index (χ3v) is 3.23. The van der Waals surface area contributed by atoms with Gasteiger partial charge in [-0.3, -0.25) is 4.79 Å². The summed E-state index contributed by atoms with van der Waals surface area (Å²) in [5.41, 5.74) is 1.75. The summed E-state index contributed by atoms with van der Waals surface area (Å²) in [5, 5.41) is 0.664. The number of fused-ring (bicyclic) bond motifs is 1. The van der Waals surface area contributed by atoms with E-state index in [9.17, 15) is 4.79 Å². The number of Topliss-reactive ketones (excluding diaryl/α,β-unsaturated/α-hetero) is 1. The van der Waals surface area contributed by atoms with Crippen LogP contribution in [-0.2, 0) is 0 Å². The largest absolute Gasteiger partial charge is 0.319 e. The maximum absolute atomic E-state index is 11.6. The fourth-order valence-corrected chi connectivity index (χ4v) is 2.11. The highest BCUT2D eigenvalue weighted by Crippen LogP contribution is 2.25. The average molecular weight is 251 g/mol. The zero-order valence-electron chi connectivity index (χ0n) is 10.2. The van der Waals surface area contributed by atoms with E-state index in [0.29, 0.717) is 10.8 Å². The van der Waals surface area contributed by atoms with Crippen molar-refractivity contribution in [1.29, 1.82) is 0 Å². The molecule has 90 valence electrons. The van der Waals surface area contributed by atoms with Crippen molar-refractivity contribution >= 4 is 28.4 Å². The molecule has 0 radical (unpaired) electrons. The van der Waals surface area contributed by atoms with Crippen molar-refractivity contribution in [3.63, 3.8) is 0 Å². The molecular formula is C13H15ClN2O. The number of imidazole rings is 1. The molecule has 0 aliphatic heterocycles. The number of aromatic nitrogens is 2. The summed E-state index contributed by atoms with van der Waals surface area (Å²) in [4.78, 5) is 16.0. The van der Waals surface area contributed by atoms with Crippen molar-refractivity contribution in [2.24, 2.45) is 0 Å². The molecule has 0 unspecified atom stereocenters. The van der Waals surface area contributed by atoms with Gasteiger partial charge in [-0.25, -0.2) is 4.98 Å². The van der Waals surface area contributed by atoms with Crippen molar-refractivity contribution < 1.29 is 4.79 Å². The molecule has 1 atom stereocenters. The van der Waals surface area contributed by atoms with Gasteiger partial charge in [-0.15, -0.1) is 0 Å². The molecule has 1 aromatic carbocycles. The third-order valence-electron chi connectivity index (χ3n) is 3.00. The number of hydrogen-bond donors (Lipinski definition) is 0. The van der Waals surface area contributed by atoms with Gasteiger partial charge >= 0.3 is 0 Å². The van der Waals surface area contributed by atoms with Gasteiger partial charge in [-0.05, 0) is 31.5 Å². The summed E-state index contributed by atoms with van der Waals surface area (Å²) in [5.74, 6) is 0.495. The van der Waals surface area contributed by atoms with Crippen LogP contribution in [0.5, 0.6) is 0 Å². The quantitative estimate of drug-likeness (QED) is 0.776. The van der Waals surface area contributed by atoms with Crippen LogP contribution in [0.3, 0.4) is 0 Å². The van der Waals surface area contributed by atoms with E-state index in [1.165, 1.54) is 0 Å². The lowest BCUT2D eigenvalue weighted by Crippen LogP contribution is -2.11. The first-order valence-corrected chi connectivity index (χ1v) is 6.10. The molecule has 0 saturated carbocycles. The molecule has 0 saturated heterocycles. The number of rotatable bonds is 3. The van der Waals surface area contributed by atoms with Gasteiger partial charge in [0.2, 0.25) is 0 Å². The van der Waals surface area contributed by atoms with Crippen LogP contribution < -0.4 is 0 Å². The molecule has 0 fully saturated rings. The van der Waals surface area contributed by atoms with Crippen LogP contribution >= 0.6 is 11.6 Å². The number of ketones is 1. The molecule has 0 aliphatic rings. The number of halogens is 1. The summed E-state index contributed by atoms with van der Waals surface area (Å²) in [6.07, 6.45) is 0.943. The molecule has 0 spiro atoms. The number of carbonyl (C=O) groups excluding carboxylic acids is 1. The third kappa shape index (κ3) is 2.07. The maximum atomic E-state index is 11.6. The van der Waals surface area contributed by atoms with Crippen molar-refractivity contribution in [2.45, 2.75) is 33.2 Å². The molecule has 0 bridgehead atoms. The Morgan fingerprint density at radius 1 is 1.53 bits per heavy atom. The predicted octanol–water partition coefficient (Wildman–Crippen LogP) is 3.86. The Bertz CT molecular complexity index is 574. The van der Waals surface area contributed by atoms with Crippen LogP contribution in [0, 0.1) is 0 Å². The van der Waals surface area contributed by atoms with Crippen molar-refractivity contribution in [2.75, 3.05) is 0 Å². The van der Waals surface area contributed by atoms with Crippen LogP contribution in [0.1, 0.15) is 43.9 Å². The summed E-state index contributed by atoms with van der Waals surface area (Å²) in [6.45, 7) is 5.71. The Morgan fingerprint density at radius 2 is 2.24 bits per heavy atom. The standard InChI is InChI=1S/C13H15ClN2O/c1-4-8(2)16-12-7-10(14)5-6-11(12)15-13(16)9(3)17/h5-8H,4H2,1-3H3/t8-/m0/s1. The van der Waals surface area contributed by atoms with E-state index in [1.807, 2.05) is 16.7 Å². The van der Waals surface area contributed by atoms with Crippen molar-refractivity contribution in [3.8, 4) is 0 Å². The van der Waals surface area contributed by atoms with Gasteiger partial charge in [0.25, 0.3) is 0 Å². The topological polar surface area (TPSA) is 34.9 Å². The molecule has 2 rings (SSSR count). The van der Waals surface area contributed by atoms with Crippen LogP contribution in [-0.4, -0.2) is 15.3 Å². The normalized spacial score (nSPS) is 12.9. The van der Waals surface area contributed by atoms with E-state index in [2.05, 4.69) is 18.8 Å². The lowest BCUT2D eigenvalue weighted by atomic mass is 10.2. The molecular weight excluding hydrogens is 236 g/mol. The van der Waals surface area contributed by atoms with Crippen LogP contribution in [0.2, 0.25) is 5.02 Å². The monoisotopic (exact) mass is 250 g/mol. The molecule has 1 aromatic heterocycles. The van der Waals surface area contributed by atoms with Gasteiger partial charge in [-0.2, -0.15) is 0 Å². The molecule has 4 heteroatoms. The van der Waals surface area contributed by atoms with E-state index < -0.39 is 0 Å². The first-order valence-electron chi connectivity index (χ1n) is 5.73. The first-order chi connectivity index (χ1) is 8.04. The highest BCUT2D eigenvalue weighted by Gasteiger charge is 2.17. The van der Waals surface area contributed by atoms with Crippen LogP contribution in [0.4, 0.5) is 0 Å². The SMILES string of the molecule is CC[C@H](C)n1c(C(C)=O)nc2ccc(Cl)cc21. The number of hydrogen-bond acceptors (Lipinski definition) is 2. The van der Waals surface area contributed by atoms with Gasteiger partial charge in [0.1, 0.15) is 0 Å². The second kappa shape index (κ2) is 4.49. The first kappa shape index (κ1) is 12.1. The molecule has 0 N–H and O–H groups in total. The van der Waals surface area contributed by atoms with Gasteiger partial charge in [0.15, 0.2) is 11.6 Å². The molecule has 1 heterocycles. The highest BCUT2D eigenvalue weighted by atomic mass is 35.5. The Hall–Kier alpha value is -1.35. The average Bonchev–Trinajstić information content (AvgIpc) is 2.66. The van der Waals surface area contributed by atoms with Gasteiger partial charge in [0, 0.05) is 18.0 Å². The lowest BCUT2D eigenvalue weighted by molar-refractivity contribution is 0.0998. The molecule has 0 aliphatic carbocycles. The number of nitrogens with zero attached hydrogens (tertiary/aromatic N) is 2. The Balaban J connectivity index is 2.77. The van der Waals surface area contributed by atoms with Crippen LogP contribution in [0.25, 0.3) is 11.0 Å². The second-order valence-electron chi connectivity index (χ2n) is 4.25. The van der Waals surface area contributed by atoms with Crippen LogP contribution in [0.15, 0.2) is 18.2 Å². The van der Waals surface area contributed by atoms with Crippen molar-refractivity contribution in [1.82, 2.24) is 9.55 Å².